The van der Waals surface area contributed by atoms with Crippen molar-refractivity contribution in [3.05, 3.63) is 71.5 Å². The van der Waals surface area contributed by atoms with Gasteiger partial charge < -0.3 is 20.1 Å². The first-order valence-electron chi connectivity index (χ1n) is 8.76. The molecule has 0 bridgehead atoms. The molecule has 7 nitrogen and oxygen atoms in total. The summed E-state index contributed by atoms with van der Waals surface area (Å²) in [5.41, 5.74) is 2.62. The lowest BCUT2D eigenvalue weighted by molar-refractivity contribution is 0.0945. The average molecular weight is 378 g/mol. The van der Waals surface area contributed by atoms with Gasteiger partial charge in [0.25, 0.3) is 5.91 Å². The highest BCUT2D eigenvalue weighted by Gasteiger charge is 2.12. The molecule has 1 amide bonds. The summed E-state index contributed by atoms with van der Waals surface area (Å²) in [7, 11) is 3.21. The quantitative estimate of drug-likeness (QED) is 0.655. The van der Waals surface area contributed by atoms with E-state index < -0.39 is 0 Å². The zero-order valence-corrected chi connectivity index (χ0v) is 16.0. The molecular formula is C21H22N4O3. The highest BCUT2D eigenvalue weighted by Crippen LogP contribution is 2.20. The van der Waals surface area contributed by atoms with Crippen molar-refractivity contribution in [1.29, 1.82) is 0 Å². The Labute approximate surface area is 163 Å². The molecular weight excluding hydrogens is 356 g/mol. The number of methoxy groups -OCH3 is 2. The number of nitrogens with one attached hydrogen (secondary N) is 2. The van der Waals surface area contributed by atoms with Gasteiger partial charge in [-0.3, -0.25) is 4.79 Å². The van der Waals surface area contributed by atoms with Gasteiger partial charge in [-0.05, 0) is 31.2 Å². The summed E-state index contributed by atoms with van der Waals surface area (Å²) < 4.78 is 10.5. The van der Waals surface area contributed by atoms with Gasteiger partial charge in [-0.1, -0.05) is 24.3 Å². The molecule has 1 heterocycles. The standard InChI is InChI=1S/C21H22N4O3/c1-14-11-18(20(26)22-13-15-7-4-5-10-19(15)28-3)25-21(23-14)24-16-8-6-9-17(12-16)27-2/h4-12H,13H2,1-3H3,(H,22,26)(H,23,24,25). The predicted molar refractivity (Wildman–Crippen MR) is 107 cm³/mol. The van der Waals surface area contributed by atoms with E-state index in [-0.39, 0.29) is 11.6 Å². The Morgan fingerprint density at radius 1 is 1.00 bits per heavy atom. The second-order valence-corrected chi connectivity index (χ2v) is 6.07. The Morgan fingerprint density at radius 3 is 2.61 bits per heavy atom. The maximum atomic E-state index is 12.6. The summed E-state index contributed by atoms with van der Waals surface area (Å²) in [6, 6.07) is 16.6. The van der Waals surface area contributed by atoms with Crippen molar-refractivity contribution >= 4 is 17.5 Å². The molecule has 3 aromatic rings. The zero-order valence-electron chi connectivity index (χ0n) is 16.0. The number of nitrogens with zero attached hydrogens (tertiary/aromatic N) is 2. The number of aromatic nitrogens is 2. The first-order valence-corrected chi connectivity index (χ1v) is 8.76. The largest absolute Gasteiger partial charge is 0.497 e. The average Bonchev–Trinajstić information content (AvgIpc) is 2.71. The Balaban J connectivity index is 1.74. The van der Waals surface area contributed by atoms with Crippen LogP contribution in [-0.4, -0.2) is 30.1 Å². The van der Waals surface area contributed by atoms with Gasteiger partial charge in [-0.2, -0.15) is 0 Å². The molecule has 0 radical (unpaired) electrons. The van der Waals surface area contributed by atoms with E-state index in [4.69, 9.17) is 9.47 Å². The Morgan fingerprint density at radius 2 is 1.82 bits per heavy atom. The van der Waals surface area contributed by atoms with Gasteiger partial charge in [0.05, 0.1) is 14.2 Å². The van der Waals surface area contributed by atoms with Crippen LogP contribution in [0.2, 0.25) is 0 Å². The van der Waals surface area contributed by atoms with E-state index in [0.29, 0.717) is 23.9 Å². The number of anilines is 2. The highest BCUT2D eigenvalue weighted by atomic mass is 16.5. The molecule has 2 aromatic carbocycles. The van der Waals surface area contributed by atoms with Crippen molar-refractivity contribution in [2.24, 2.45) is 0 Å². The Hall–Kier alpha value is -3.61. The Kier molecular flexibility index (Phi) is 6.06. The molecule has 0 spiro atoms. The lowest BCUT2D eigenvalue weighted by atomic mass is 10.2. The molecule has 1 aromatic heterocycles. The van der Waals surface area contributed by atoms with Crippen LogP contribution in [0.1, 0.15) is 21.7 Å². The fourth-order valence-corrected chi connectivity index (χ4v) is 2.69. The molecule has 0 atom stereocenters. The first kappa shape index (κ1) is 19.2. The van der Waals surface area contributed by atoms with Gasteiger partial charge in [-0.25, -0.2) is 9.97 Å². The number of hydrogen-bond donors (Lipinski definition) is 2. The van der Waals surface area contributed by atoms with Crippen molar-refractivity contribution in [3.8, 4) is 11.5 Å². The first-order chi connectivity index (χ1) is 13.6. The van der Waals surface area contributed by atoms with Crippen LogP contribution in [0.5, 0.6) is 11.5 Å². The van der Waals surface area contributed by atoms with Crippen molar-refractivity contribution in [3.63, 3.8) is 0 Å². The van der Waals surface area contributed by atoms with Gasteiger partial charge in [0.2, 0.25) is 5.95 Å². The van der Waals surface area contributed by atoms with Crippen LogP contribution < -0.4 is 20.1 Å². The molecule has 0 unspecified atom stereocenters. The lowest BCUT2D eigenvalue weighted by Gasteiger charge is -2.11. The zero-order chi connectivity index (χ0) is 19.9. The minimum Gasteiger partial charge on any atom is -0.497 e. The summed E-state index contributed by atoms with van der Waals surface area (Å²) in [4.78, 5) is 21.3. The molecule has 28 heavy (non-hydrogen) atoms. The fraction of sp³-hybridized carbons (Fsp3) is 0.190. The number of rotatable bonds is 7. The van der Waals surface area contributed by atoms with Crippen LogP contribution in [0, 0.1) is 6.92 Å². The number of para-hydroxylation sites is 1. The molecule has 2 N–H and O–H groups in total. The van der Waals surface area contributed by atoms with Gasteiger partial charge >= 0.3 is 0 Å². The van der Waals surface area contributed by atoms with Crippen LogP contribution in [0.15, 0.2) is 54.6 Å². The maximum Gasteiger partial charge on any atom is 0.270 e. The van der Waals surface area contributed by atoms with Gasteiger partial charge in [0.1, 0.15) is 17.2 Å². The van der Waals surface area contributed by atoms with Crippen LogP contribution >= 0.6 is 0 Å². The van der Waals surface area contributed by atoms with Crippen molar-refractivity contribution in [1.82, 2.24) is 15.3 Å². The second-order valence-electron chi connectivity index (χ2n) is 6.07. The minimum atomic E-state index is -0.287. The molecule has 0 aliphatic heterocycles. The topological polar surface area (TPSA) is 85.4 Å². The van der Waals surface area contributed by atoms with Crippen LogP contribution in [0.25, 0.3) is 0 Å². The third-order valence-corrected chi connectivity index (χ3v) is 4.04. The third kappa shape index (κ3) is 4.76. The Bertz CT molecular complexity index is 975. The number of hydrogen-bond acceptors (Lipinski definition) is 6. The molecule has 7 heteroatoms. The number of carbonyl (C=O) groups excluding carboxylic acids is 1. The van der Waals surface area contributed by atoms with Gasteiger partial charge in [0.15, 0.2) is 0 Å². The van der Waals surface area contributed by atoms with Crippen molar-refractivity contribution < 1.29 is 14.3 Å². The number of amides is 1. The van der Waals surface area contributed by atoms with Gasteiger partial charge in [-0.15, -0.1) is 0 Å². The van der Waals surface area contributed by atoms with Crippen molar-refractivity contribution in [2.75, 3.05) is 19.5 Å². The van der Waals surface area contributed by atoms with E-state index in [1.807, 2.05) is 55.5 Å². The van der Waals surface area contributed by atoms with E-state index >= 15 is 0 Å². The molecule has 0 saturated carbocycles. The fourth-order valence-electron chi connectivity index (χ4n) is 2.69. The SMILES string of the molecule is COc1cccc(Nc2nc(C)cc(C(=O)NCc3ccccc3OC)n2)c1. The second kappa shape index (κ2) is 8.85. The third-order valence-electron chi connectivity index (χ3n) is 4.04. The number of carbonyl (C=O) groups is 1. The molecule has 144 valence electrons. The maximum absolute atomic E-state index is 12.6. The number of ether oxygens (including phenoxy) is 2. The summed E-state index contributed by atoms with van der Waals surface area (Å²) in [5.74, 6) is 1.50. The van der Waals surface area contributed by atoms with E-state index in [0.717, 1.165) is 17.0 Å². The summed E-state index contributed by atoms with van der Waals surface area (Å²) >= 11 is 0. The monoisotopic (exact) mass is 378 g/mol. The number of benzene rings is 2. The highest BCUT2D eigenvalue weighted by molar-refractivity contribution is 5.92. The molecule has 0 fully saturated rings. The van der Waals surface area contributed by atoms with Crippen LogP contribution in [-0.2, 0) is 6.54 Å². The normalized spacial score (nSPS) is 10.2. The van der Waals surface area contributed by atoms with Crippen molar-refractivity contribution in [2.45, 2.75) is 13.5 Å². The smallest absolute Gasteiger partial charge is 0.270 e. The van der Waals surface area contributed by atoms with E-state index in [2.05, 4.69) is 20.6 Å². The van der Waals surface area contributed by atoms with E-state index in [1.54, 1.807) is 20.3 Å². The lowest BCUT2D eigenvalue weighted by Crippen LogP contribution is -2.24. The van der Waals surface area contributed by atoms with Gasteiger partial charge in [0, 0.05) is 29.6 Å². The van der Waals surface area contributed by atoms with E-state index in [9.17, 15) is 4.79 Å². The van der Waals surface area contributed by atoms with Crippen LogP contribution in [0.3, 0.4) is 0 Å². The number of aryl methyl sites for hydroxylation is 1. The summed E-state index contributed by atoms with van der Waals surface area (Å²) in [6.07, 6.45) is 0. The predicted octanol–water partition coefficient (Wildman–Crippen LogP) is 3.48. The molecule has 3 rings (SSSR count). The minimum absolute atomic E-state index is 0.285. The molecule has 0 aliphatic rings. The molecule has 0 saturated heterocycles. The van der Waals surface area contributed by atoms with E-state index in [1.165, 1.54) is 0 Å². The summed E-state index contributed by atoms with van der Waals surface area (Å²) in [6.45, 7) is 2.15. The van der Waals surface area contributed by atoms with Crippen LogP contribution in [0.4, 0.5) is 11.6 Å². The summed E-state index contributed by atoms with van der Waals surface area (Å²) in [5, 5.41) is 5.97. The molecule has 0 aliphatic carbocycles.